The molecule has 1 unspecified atom stereocenters. The highest BCUT2D eigenvalue weighted by Gasteiger charge is 2.31. The maximum atomic E-state index is 13.9. The summed E-state index contributed by atoms with van der Waals surface area (Å²) in [5, 5.41) is 2.63. The highest BCUT2D eigenvalue weighted by molar-refractivity contribution is 14.1. The first-order valence-electron chi connectivity index (χ1n) is 11.3. The monoisotopic (exact) mass is 887 g/mol. The van der Waals surface area contributed by atoms with Gasteiger partial charge in [-0.05, 0) is 67.8 Å². The van der Waals surface area contributed by atoms with Crippen molar-refractivity contribution in [3.05, 3.63) is 21.8 Å². The van der Waals surface area contributed by atoms with E-state index in [1.807, 2.05) is 67.8 Å². The summed E-state index contributed by atoms with van der Waals surface area (Å²) in [5.74, 6) is -3.44. The number of hydrogen-bond acceptors (Lipinski definition) is 11. The number of anilines is 1. The maximum absolute atomic E-state index is 13.9. The second kappa shape index (κ2) is 17.0. The Balaban J connectivity index is 3.45. The van der Waals surface area contributed by atoms with E-state index >= 15 is 0 Å². The van der Waals surface area contributed by atoms with Crippen molar-refractivity contribution in [1.29, 1.82) is 0 Å². The van der Waals surface area contributed by atoms with Crippen molar-refractivity contribution in [3.8, 4) is 0 Å². The van der Waals surface area contributed by atoms with E-state index in [1.54, 1.807) is 0 Å². The molecule has 1 atom stereocenters. The highest BCUT2D eigenvalue weighted by atomic mass is 127. The Labute approximate surface area is 265 Å². The van der Waals surface area contributed by atoms with Crippen LogP contribution in [0.3, 0.4) is 0 Å². The van der Waals surface area contributed by atoms with Crippen LogP contribution in [-0.4, -0.2) is 86.2 Å². The van der Waals surface area contributed by atoms with E-state index in [2.05, 4.69) is 5.32 Å². The zero-order valence-electron chi connectivity index (χ0n) is 21.6. The molecule has 0 bridgehead atoms. The molecule has 0 saturated carbocycles. The third-order valence-corrected chi connectivity index (χ3v) is 7.99. The predicted molar refractivity (Wildman–Crippen MR) is 163 cm³/mol. The van der Waals surface area contributed by atoms with Crippen LogP contribution in [0.1, 0.15) is 48.4 Å². The summed E-state index contributed by atoms with van der Waals surface area (Å²) in [6.07, 6.45) is -1.02. The third kappa shape index (κ3) is 11.6. The van der Waals surface area contributed by atoms with Gasteiger partial charge in [-0.2, -0.15) is 0 Å². The van der Waals surface area contributed by atoms with Gasteiger partial charge in [0.25, 0.3) is 11.8 Å². The number of carbonyl (C=O) groups excluding carboxylic acids is 6. The molecule has 0 aliphatic heterocycles. The number of amides is 2. The summed E-state index contributed by atoms with van der Waals surface area (Å²) in [4.78, 5) is 73.4. The average Bonchev–Trinajstić information content (AvgIpc) is 2.82. The minimum atomic E-state index is -1.02. The van der Waals surface area contributed by atoms with Crippen molar-refractivity contribution in [2.24, 2.45) is 0 Å². The zero-order chi connectivity index (χ0) is 29.9. The molecule has 0 saturated heterocycles. The molecular weight excluding hydrogens is 859 g/mol. The summed E-state index contributed by atoms with van der Waals surface area (Å²) in [6.45, 7) is 4.02. The van der Waals surface area contributed by atoms with E-state index in [9.17, 15) is 28.8 Å². The van der Waals surface area contributed by atoms with Crippen molar-refractivity contribution >= 4 is 109 Å². The Morgan fingerprint density at radius 2 is 1.33 bits per heavy atom. The molecule has 0 aliphatic carbocycles. The van der Waals surface area contributed by atoms with Gasteiger partial charge in [-0.25, -0.2) is 0 Å². The Morgan fingerprint density at radius 3 is 1.87 bits per heavy atom. The Morgan fingerprint density at radius 1 is 0.795 bits per heavy atom. The van der Waals surface area contributed by atoms with Crippen LogP contribution in [0.4, 0.5) is 5.69 Å². The lowest BCUT2D eigenvalue weighted by Gasteiger charge is -2.28. The molecule has 0 aromatic heterocycles. The number of ether oxygens (including phenoxy) is 4. The van der Waals surface area contributed by atoms with Crippen LogP contribution in [0.5, 0.6) is 0 Å². The fourth-order valence-corrected chi connectivity index (χ4v) is 7.18. The van der Waals surface area contributed by atoms with Gasteiger partial charge >= 0.3 is 23.9 Å². The lowest BCUT2D eigenvalue weighted by molar-refractivity contribution is -0.157. The van der Waals surface area contributed by atoms with Gasteiger partial charge in [-0.15, -0.1) is 0 Å². The molecule has 2 amide bonds. The molecule has 0 heterocycles. The molecule has 0 fully saturated rings. The number of nitrogens with two attached hydrogens (primary N) is 1. The second-order valence-corrected chi connectivity index (χ2v) is 11.1. The maximum Gasteiger partial charge on any atom is 0.303 e. The van der Waals surface area contributed by atoms with Crippen LogP contribution in [0.15, 0.2) is 0 Å². The topological polar surface area (TPSA) is 181 Å². The summed E-state index contributed by atoms with van der Waals surface area (Å²) >= 11 is 5.69. The van der Waals surface area contributed by atoms with Crippen LogP contribution < -0.4 is 11.1 Å². The van der Waals surface area contributed by atoms with Gasteiger partial charge in [0.05, 0.1) is 43.6 Å². The van der Waals surface area contributed by atoms with Gasteiger partial charge in [-0.3, -0.25) is 28.8 Å². The van der Waals surface area contributed by atoms with E-state index < -0.39 is 41.8 Å². The van der Waals surface area contributed by atoms with Gasteiger partial charge in [-0.1, -0.05) is 0 Å². The SMILES string of the molecule is CC(=O)OCCNC(=O)c1c(I)c(N)c(I)c(C(=O)N(CCOC(C)=O)CC(COC(C)=O)OC(C)=O)c1I. The molecule has 1 aromatic carbocycles. The van der Waals surface area contributed by atoms with Crippen LogP contribution >= 0.6 is 67.8 Å². The van der Waals surface area contributed by atoms with Gasteiger partial charge in [0.15, 0.2) is 6.10 Å². The molecule has 16 heteroatoms. The number of carbonyl (C=O) groups is 6. The Hall–Kier alpha value is -1.97. The van der Waals surface area contributed by atoms with E-state index in [0.29, 0.717) is 10.7 Å². The summed E-state index contributed by atoms with van der Waals surface area (Å²) in [6, 6.07) is 0. The zero-order valence-corrected chi connectivity index (χ0v) is 28.0. The third-order valence-electron chi connectivity index (χ3n) is 4.67. The highest BCUT2D eigenvalue weighted by Crippen LogP contribution is 2.34. The average molecular weight is 887 g/mol. The van der Waals surface area contributed by atoms with E-state index in [1.165, 1.54) is 32.6 Å². The Kier molecular flexibility index (Phi) is 15.3. The first-order chi connectivity index (χ1) is 18.2. The minimum absolute atomic E-state index is 0.0362. The first-order valence-corrected chi connectivity index (χ1v) is 14.5. The van der Waals surface area contributed by atoms with Gasteiger partial charge in [0, 0.05) is 31.3 Å². The van der Waals surface area contributed by atoms with E-state index in [0.717, 1.165) is 0 Å². The van der Waals surface area contributed by atoms with E-state index in [4.69, 9.17) is 24.7 Å². The van der Waals surface area contributed by atoms with Gasteiger partial charge < -0.3 is 34.9 Å². The Bertz CT molecular complexity index is 1130. The number of esters is 4. The van der Waals surface area contributed by atoms with Crippen LogP contribution in [-0.2, 0) is 38.1 Å². The number of hydrogen-bond donors (Lipinski definition) is 2. The number of rotatable bonds is 13. The van der Waals surface area contributed by atoms with E-state index in [-0.39, 0.29) is 56.3 Å². The number of halogens is 3. The lowest BCUT2D eigenvalue weighted by Crippen LogP contribution is -2.44. The fourth-order valence-electron chi connectivity index (χ4n) is 3.07. The number of nitrogens with one attached hydrogen (secondary N) is 1. The summed E-state index contributed by atoms with van der Waals surface area (Å²) < 4.78 is 21.1. The molecule has 216 valence electrons. The molecule has 0 spiro atoms. The fraction of sp³-hybridized carbons (Fsp3) is 0.478. The summed E-state index contributed by atoms with van der Waals surface area (Å²) in [5.41, 5.74) is 6.73. The molecule has 0 radical (unpaired) electrons. The van der Waals surface area contributed by atoms with Gasteiger partial charge in [0.1, 0.15) is 19.8 Å². The number of nitrogen functional groups attached to an aromatic ring is 1. The van der Waals surface area contributed by atoms with Crippen molar-refractivity contribution in [3.63, 3.8) is 0 Å². The van der Waals surface area contributed by atoms with Crippen LogP contribution in [0, 0.1) is 10.7 Å². The standard InChI is InChI=1S/C23H28I3N3O10/c1-11(30)36-7-5-28-22(34)16-18(24)17(20(26)21(27)19(16)25)23(35)29(6-8-37-12(2)31)9-15(39-14(4)33)10-38-13(3)32/h15H,5-10,27H2,1-4H3,(H,28,34). The molecule has 3 N–H and O–H groups in total. The lowest BCUT2D eigenvalue weighted by atomic mass is 10.1. The molecule has 0 aliphatic rings. The van der Waals surface area contributed by atoms with Gasteiger partial charge in [0.2, 0.25) is 0 Å². The molecule has 1 rings (SSSR count). The molecule has 39 heavy (non-hydrogen) atoms. The number of benzene rings is 1. The smallest absolute Gasteiger partial charge is 0.303 e. The number of nitrogens with zero attached hydrogens (tertiary/aromatic N) is 1. The molecule has 1 aromatic rings. The van der Waals surface area contributed by atoms with Crippen molar-refractivity contribution in [2.75, 3.05) is 45.2 Å². The minimum Gasteiger partial charge on any atom is -0.464 e. The molecule has 13 nitrogen and oxygen atoms in total. The second-order valence-electron chi connectivity index (χ2n) is 7.83. The quantitative estimate of drug-likeness (QED) is 0.0972. The van der Waals surface area contributed by atoms with Crippen molar-refractivity contribution in [1.82, 2.24) is 10.2 Å². The van der Waals surface area contributed by atoms with Crippen molar-refractivity contribution < 1.29 is 47.7 Å². The van der Waals surface area contributed by atoms with Crippen molar-refractivity contribution in [2.45, 2.75) is 33.8 Å². The summed E-state index contributed by atoms with van der Waals surface area (Å²) in [7, 11) is 0. The van der Waals surface area contributed by atoms with Crippen LogP contribution in [0.2, 0.25) is 0 Å². The molecular formula is C23H28I3N3O10. The van der Waals surface area contributed by atoms with Crippen LogP contribution in [0.25, 0.3) is 0 Å². The largest absolute Gasteiger partial charge is 0.464 e. The first kappa shape index (κ1) is 35.1. The predicted octanol–water partition coefficient (Wildman–Crippen LogP) is 1.88. The normalized spacial score (nSPS) is 11.2.